The summed E-state index contributed by atoms with van der Waals surface area (Å²) in [5.74, 6) is 2.08. The van der Waals surface area contributed by atoms with Gasteiger partial charge < -0.3 is 24.3 Å². The zero-order valence-corrected chi connectivity index (χ0v) is 14.2. The van der Waals surface area contributed by atoms with E-state index in [0.717, 1.165) is 0 Å². The zero-order chi connectivity index (χ0) is 17.5. The maximum Gasteiger partial charge on any atom is 0.265 e. The van der Waals surface area contributed by atoms with Gasteiger partial charge in [-0.15, -0.1) is 0 Å². The Hall–Kier alpha value is -2.89. The summed E-state index contributed by atoms with van der Waals surface area (Å²) < 4.78 is 21.2. The summed E-state index contributed by atoms with van der Waals surface area (Å²) in [6.07, 6.45) is -0.691. The van der Waals surface area contributed by atoms with E-state index in [1.165, 1.54) is 7.11 Å². The highest BCUT2D eigenvalue weighted by atomic mass is 16.5. The molecule has 0 aromatic heterocycles. The standard InChI is InChI=1S/C18H21NO5/c1-12(24-15-7-5-6-13(10-15)21-2)18(20)19-16-9-8-14(22-3)11-17(16)23-4/h5-12H,1-4H3,(H,19,20)/t12-/m1/s1. The van der Waals surface area contributed by atoms with Crippen molar-refractivity contribution in [2.75, 3.05) is 26.6 Å². The topological polar surface area (TPSA) is 66.0 Å². The smallest absolute Gasteiger partial charge is 0.265 e. The fraction of sp³-hybridized carbons (Fsp3) is 0.278. The minimum absolute atomic E-state index is 0.290. The molecule has 2 aromatic rings. The van der Waals surface area contributed by atoms with Gasteiger partial charge in [0, 0.05) is 12.1 Å². The summed E-state index contributed by atoms with van der Waals surface area (Å²) in [6.45, 7) is 1.67. The first-order valence-corrected chi connectivity index (χ1v) is 7.41. The van der Waals surface area contributed by atoms with Crippen molar-refractivity contribution in [3.05, 3.63) is 42.5 Å². The minimum Gasteiger partial charge on any atom is -0.497 e. The zero-order valence-electron chi connectivity index (χ0n) is 14.2. The predicted molar refractivity (Wildman–Crippen MR) is 91.3 cm³/mol. The summed E-state index contributed by atoms with van der Waals surface area (Å²) in [4.78, 5) is 12.3. The van der Waals surface area contributed by atoms with Gasteiger partial charge in [0.1, 0.15) is 23.0 Å². The van der Waals surface area contributed by atoms with Crippen LogP contribution < -0.4 is 24.3 Å². The quantitative estimate of drug-likeness (QED) is 0.844. The Morgan fingerprint density at radius 1 is 0.917 bits per heavy atom. The van der Waals surface area contributed by atoms with E-state index in [9.17, 15) is 4.79 Å². The summed E-state index contributed by atoms with van der Waals surface area (Å²) in [5.41, 5.74) is 0.546. The van der Waals surface area contributed by atoms with Gasteiger partial charge in [-0.25, -0.2) is 0 Å². The lowest BCUT2D eigenvalue weighted by atomic mass is 10.2. The molecule has 1 amide bonds. The average molecular weight is 331 g/mol. The molecule has 0 aliphatic heterocycles. The van der Waals surface area contributed by atoms with Crippen LogP contribution in [0.1, 0.15) is 6.92 Å². The van der Waals surface area contributed by atoms with Crippen LogP contribution >= 0.6 is 0 Å². The van der Waals surface area contributed by atoms with E-state index >= 15 is 0 Å². The number of carbonyl (C=O) groups excluding carboxylic acids is 1. The monoisotopic (exact) mass is 331 g/mol. The lowest BCUT2D eigenvalue weighted by Gasteiger charge is -2.17. The van der Waals surface area contributed by atoms with Crippen LogP contribution in [0.3, 0.4) is 0 Å². The Balaban J connectivity index is 2.06. The van der Waals surface area contributed by atoms with E-state index in [0.29, 0.717) is 28.7 Å². The summed E-state index contributed by atoms with van der Waals surface area (Å²) >= 11 is 0. The molecular weight excluding hydrogens is 310 g/mol. The molecule has 0 spiro atoms. The van der Waals surface area contributed by atoms with E-state index in [1.807, 2.05) is 0 Å². The number of hydrogen-bond donors (Lipinski definition) is 1. The number of nitrogens with one attached hydrogen (secondary N) is 1. The van der Waals surface area contributed by atoms with Crippen LogP contribution in [-0.2, 0) is 4.79 Å². The fourth-order valence-corrected chi connectivity index (χ4v) is 2.07. The Kier molecular flexibility index (Phi) is 5.89. The van der Waals surface area contributed by atoms with Crippen molar-refractivity contribution in [1.82, 2.24) is 0 Å². The third-order valence-corrected chi connectivity index (χ3v) is 3.39. The molecule has 0 aliphatic rings. The summed E-state index contributed by atoms with van der Waals surface area (Å²) in [5, 5.41) is 2.79. The Morgan fingerprint density at radius 2 is 1.58 bits per heavy atom. The van der Waals surface area contributed by atoms with Gasteiger partial charge in [-0.2, -0.15) is 0 Å². The third kappa shape index (κ3) is 4.32. The first-order chi connectivity index (χ1) is 11.6. The fourth-order valence-electron chi connectivity index (χ4n) is 2.07. The average Bonchev–Trinajstić information content (AvgIpc) is 2.62. The van der Waals surface area contributed by atoms with Gasteiger partial charge in [-0.1, -0.05) is 6.07 Å². The molecule has 1 atom stereocenters. The van der Waals surface area contributed by atoms with Crippen LogP contribution in [0.2, 0.25) is 0 Å². The molecule has 0 fully saturated rings. The van der Waals surface area contributed by atoms with E-state index in [1.54, 1.807) is 63.6 Å². The van der Waals surface area contributed by atoms with E-state index in [4.69, 9.17) is 18.9 Å². The van der Waals surface area contributed by atoms with E-state index in [-0.39, 0.29) is 5.91 Å². The molecule has 2 aromatic carbocycles. The second-order valence-corrected chi connectivity index (χ2v) is 4.99. The van der Waals surface area contributed by atoms with Crippen LogP contribution in [0.4, 0.5) is 5.69 Å². The van der Waals surface area contributed by atoms with Crippen molar-refractivity contribution in [1.29, 1.82) is 0 Å². The number of anilines is 1. The highest BCUT2D eigenvalue weighted by Gasteiger charge is 2.17. The van der Waals surface area contributed by atoms with Gasteiger partial charge >= 0.3 is 0 Å². The van der Waals surface area contributed by atoms with Crippen LogP contribution in [0, 0.1) is 0 Å². The van der Waals surface area contributed by atoms with Crippen LogP contribution in [0.15, 0.2) is 42.5 Å². The summed E-state index contributed by atoms with van der Waals surface area (Å²) in [6, 6.07) is 12.2. The van der Waals surface area contributed by atoms with Gasteiger partial charge in [0.2, 0.25) is 0 Å². The van der Waals surface area contributed by atoms with E-state index in [2.05, 4.69) is 5.32 Å². The van der Waals surface area contributed by atoms with Crippen molar-refractivity contribution in [2.24, 2.45) is 0 Å². The van der Waals surface area contributed by atoms with Crippen LogP contribution in [-0.4, -0.2) is 33.3 Å². The number of carbonyl (C=O) groups is 1. The molecule has 1 N–H and O–H groups in total. The minimum atomic E-state index is -0.691. The van der Waals surface area contributed by atoms with Crippen molar-refractivity contribution < 1.29 is 23.7 Å². The van der Waals surface area contributed by atoms with Crippen molar-refractivity contribution in [3.8, 4) is 23.0 Å². The molecule has 2 rings (SSSR count). The number of hydrogen-bond acceptors (Lipinski definition) is 5. The maximum absolute atomic E-state index is 12.3. The first kappa shape index (κ1) is 17.5. The lowest BCUT2D eigenvalue weighted by Crippen LogP contribution is -2.30. The number of methoxy groups -OCH3 is 3. The molecule has 0 unspecified atom stereocenters. The van der Waals surface area contributed by atoms with Gasteiger partial charge in [-0.05, 0) is 31.2 Å². The molecular formula is C18H21NO5. The van der Waals surface area contributed by atoms with Gasteiger partial charge in [0.15, 0.2) is 6.10 Å². The van der Waals surface area contributed by atoms with Gasteiger partial charge in [-0.3, -0.25) is 4.79 Å². The maximum atomic E-state index is 12.3. The highest BCUT2D eigenvalue weighted by Crippen LogP contribution is 2.29. The van der Waals surface area contributed by atoms with Crippen LogP contribution in [0.5, 0.6) is 23.0 Å². The summed E-state index contributed by atoms with van der Waals surface area (Å²) in [7, 11) is 4.67. The van der Waals surface area contributed by atoms with Gasteiger partial charge in [0.25, 0.3) is 5.91 Å². The molecule has 0 saturated heterocycles. The van der Waals surface area contributed by atoms with Crippen LogP contribution in [0.25, 0.3) is 0 Å². The molecule has 0 saturated carbocycles. The Morgan fingerprint density at radius 3 is 2.25 bits per heavy atom. The number of rotatable bonds is 7. The van der Waals surface area contributed by atoms with Crippen molar-refractivity contribution in [3.63, 3.8) is 0 Å². The largest absolute Gasteiger partial charge is 0.497 e. The third-order valence-electron chi connectivity index (χ3n) is 3.39. The molecule has 0 heterocycles. The molecule has 128 valence electrons. The molecule has 0 aliphatic carbocycles. The predicted octanol–water partition coefficient (Wildman–Crippen LogP) is 3.12. The normalized spacial score (nSPS) is 11.3. The Bertz CT molecular complexity index is 702. The van der Waals surface area contributed by atoms with Crippen molar-refractivity contribution in [2.45, 2.75) is 13.0 Å². The van der Waals surface area contributed by atoms with E-state index < -0.39 is 6.10 Å². The molecule has 0 bridgehead atoms. The number of benzene rings is 2. The highest BCUT2D eigenvalue weighted by molar-refractivity contribution is 5.95. The van der Waals surface area contributed by atoms with Gasteiger partial charge in [0.05, 0.1) is 27.0 Å². The SMILES string of the molecule is COc1cccc(O[C@H](C)C(=O)Nc2ccc(OC)cc2OC)c1. The molecule has 0 radical (unpaired) electrons. The first-order valence-electron chi connectivity index (χ1n) is 7.41. The second kappa shape index (κ2) is 8.10. The molecule has 6 heteroatoms. The van der Waals surface area contributed by atoms with Crippen molar-refractivity contribution >= 4 is 11.6 Å². The number of ether oxygens (including phenoxy) is 4. The lowest BCUT2D eigenvalue weighted by molar-refractivity contribution is -0.122. The Labute approximate surface area is 141 Å². The second-order valence-electron chi connectivity index (χ2n) is 4.99. The molecule has 6 nitrogen and oxygen atoms in total. The number of amides is 1. The molecule has 24 heavy (non-hydrogen) atoms.